The smallest absolute Gasteiger partial charge is 0.0866 e. The monoisotopic (exact) mass is 402 g/mol. The van der Waals surface area contributed by atoms with Crippen molar-refractivity contribution in [3.05, 3.63) is 90.6 Å². The van der Waals surface area contributed by atoms with Crippen LogP contribution in [0.5, 0.6) is 0 Å². The zero-order valence-corrected chi connectivity index (χ0v) is 15.9. The fourth-order valence-corrected chi connectivity index (χ4v) is 3.66. The Bertz CT molecular complexity index is 632. The van der Waals surface area contributed by atoms with Crippen molar-refractivity contribution in [2.24, 2.45) is 0 Å². The Hall–Kier alpha value is -0.570. The lowest BCUT2D eigenvalue weighted by atomic mass is 10.1. The van der Waals surface area contributed by atoms with E-state index in [1.165, 1.54) is 11.8 Å². The van der Waals surface area contributed by atoms with Gasteiger partial charge in [0.25, 0.3) is 0 Å². The first-order chi connectivity index (χ1) is 11.1. The third-order valence-electron chi connectivity index (χ3n) is 3.01. The Balaban J connectivity index is 2.03. The summed E-state index contributed by atoms with van der Waals surface area (Å²) in [5, 5.41) is 1.09. The van der Waals surface area contributed by atoms with Gasteiger partial charge >= 0.3 is 0 Å². The molecule has 2 aromatic carbocycles. The van der Waals surface area contributed by atoms with Crippen molar-refractivity contribution in [1.29, 1.82) is 0 Å². The number of benzene rings is 2. The highest BCUT2D eigenvalue weighted by molar-refractivity contribution is 8.09. The van der Waals surface area contributed by atoms with Crippen LogP contribution >= 0.6 is 58.2 Å². The highest BCUT2D eigenvalue weighted by Crippen LogP contribution is 2.39. The summed E-state index contributed by atoms with van der Waals surface area (Å²) >= 11 is 26.2. The van der Waals surface area contributed by atoms with Gasteiger partial charge in [-0.1, -0.05) is 119 Å². The van der Waals surface area contributed by atoms with Gasteiger partial charge in [-0.2, -0.15) is 0 Å². The SMILES string of the molecule is ClC(Cc1ccccc1)=C(Cl)SC(Cl)=C(Cl)Cc1ccccc1. The average Bonchev–Trinajstić information content (AvgIpc) is 2.56. The van der Waals surface area contributed by atoms with E-state index in [-0.39, 0.29) is 0 Å². The van der Waals surface area contributed by atoms with Crippen LogP contribution in [-0.4, -0.2) is 0 Å². The minimum absolute atomic E-state index is 0.437. The van der Waals surface area contributed by atoms with Crippen LogP contribution in [0.2, 0.25) is 0 Å². The Morgan fingerprint density at radius 3 is 1.30 bits per heavy atom. The van der Waals surface area contributed by atoms with Gasteiger partial charge in [0.2, 0.25) is 0 Å². The molecule has 0 aliphatic rings. The van der Waals surface area contributed by atoms with Gasteiger partial charge in [-0.25, -0.2) is 0 Å². The summed E-state index contributed by atoms with van der Waals surface area (Å²) in [5.41, 5.74) is 2.18. The molecule has 2 rings (SSSR count). The quantitative estimate of drug-likeness (QED) is 0.481. The number of thioether (sulfide) groups is 1. The van der Waals surface area contributed by atoms with E-state index >= 15 is 0 Å². The van der Waals surface area contributed by atoms with E-state index in [1.54, 1.807) is 0 Å². The lowest BCUT2D eigenvalue weighted by Gasteiger charge is -2.06. The Kier molecular flexibility index (Phi) is 7.88. The summed E-state index contributed by atoms with van der Waals surface area (Å²) in [6.45, 7) is 0. The average molecular weight is 404 g/mol. The molecular formula is C18H14Cl4S. The fraction of sp³-hybridized carbons (Fsp3) is 0.111. The topological polar surface area (TPSA) is 0 Å². The van der Waals surface area contributed by atoms with E-state index in [2.05, 4.69) is 0 Å². The van der Waals surface area contributed by atoms with E-state index in [0.717, 1.165) is 11.1 Å². The first-order valence-corrected chi connectivity index (χ1v) is 9.23. The van der Waals surface area contributed by atoms with Crippen LogP contribution in [0.4, 0.5) is 0 Å². The van der Waals surface area contributed by atoms with Gasteiger partial charge in [0.1, 0.15) is 0 Å². The fourth-order valence-electron chi connectivity index (χ4n) is 1.88. The molecule has 5 heteroatoms. The van der Waals surface area contributed by atoms with Crippen molar-refractivity contribution in [2.75, 3.05) is 0 Å². The number of hydrogen-bond acceptors (Lipinski definition) is 1. The number of hydrogen-bond donors (Lipinski definition) is 0. The van der Waals surface area contributed by atoms with E-state index in [9.17, 15) is 0 Å². The summed E-state index contributed by atoms with van der Waals surface area (Å²) in [4.78, 5) is 0. The minimum Gasteiger partial charge on any atom is -0.0866 e. The molecular weight excluding hydrogens is 390 g/mol. The van der Waals surface area contributed by atoms with Crippen LogP contribution in [-0.2, 0) is 12.8 Å². The van der Waals surface area contributed by atoms with Crippen molar-refractivity contribution in [2.45, 2.75) is 12.8 Å². The van der Waals surface area contributed by atoms with Crippen LogP contribution in [0.1, 0.15) is 11.1 Å². The summed E-state index contributed by atoms with van der Waals surface area (Å²) in [6, 6.07) is 19.8. The van der Waals surface area contributed by atoms with E-state index < -0.39 is 0 Å². The molecule has 23 heavy (non-hydrogen) atoms. The van der Waals surface area contributed by atoms with Crippen molar-refractivity contribution < 1.29 is 0 Å². The number of allylic oxidation sites excluding steroid dienone is 2. The van der Waals surface area contributed by atoms with E-state index in [0.29, 0.717) is 31.6 Å². The molecule has 120 valence electrons. The van der Waals surface area contributed by atoms with Crippen molar-refractivity contribution >= 4 is 58.2 Å². The molecule has 0 saturated carbocycles. The molecule has 0 aliphatic carbocycles. The second kappa shape index (κ2) is 9.66. The van der Waals surface area contributed by atoms with Crippen molar-refractivity contribution in [1.82, 2.24) is 0 Å². The molecule has 0 saturated heterocycles. The number of rotatable bonds is 6. The van der Waals surface area contributed by atoms with Gasteiger partial charge < -0.3 is 0 Å². The van der Waals surface area contributed by atoms with Gasteiger partial charge in [-0.05, 0) is 11.1 Å². The predicted octanol–water partition coefficient (Wildman–Crippen LogP) is 7.50. The molecule has 0 amide bonds. The van der Waals surface area contributed by atoms with Crippen LogP contribution in [0.25, 0.3) is 0 Å². The summed E-state index contributed by atoms with van der Waals surface area (Å²) in [6.07, 6.45) is 1.13. The molecule has 0 heterocycles. The minimum atomic E-state index is 0.437. The van der Waals surface area contributed by atoms with E-state index in [4.69, 9.17) is 46.4 Å². The summed E-state index contributed by atoms with van der Waals surface area (Å²) < 4.78 is 0.874. The van der Waals surface area contributed by atoms with Crippen molar-refractivity contribution in [3.8, 4) is 0 Å². The molecule has 0 nitrogen and oxygen atoms in total. The molecule has 0 bridgehead atoms. The molecule has 0 spiro atoms. The maximum absolute atomic E-state index is 6.28. The summed E-state index contributed by atoms with van der Waals surface area (Å²) in [7, 11) is 0. The summed E-state index contributed by atoms with van der Waals surface area (Å²) in [5.74, 6) is 0. The maximum Gasteiger partial charge on any atom is 0.0940 e. The van der Waals surface area contributed by atoms with Crippen LogP contribution in [0, 0.1) is 0 Å². The first-order valence-electron chi connectivity index (χ1n) is 6.90. The molecule has 0 N–H and O–H groups in total. The molecule has 0 aliphatic heterocycles. The normalized spacial score (nSPS) is 13.4. The highest BCUT2D eigenvalue weighted by atomic mass is 35.5. The largest absolute Gasteiger partial charge is 0.0940 e. The van der Waals surface area contributed by atoms with Crippen LogP contribution in [0.15, 0.2) is 79.5 Å². The molecule has 0 atom stereocenters. The van der Waals surface area contributed by atoms with Gasteiger partial charge in [0, 0.05) is 22.9 Å². The molecule has 2 aromatic rings. The van der Waals surface area contributed by atoms with Gasteiger partial charge in [0.15, 0.2) is 0 Å². The number of halogens is 4. The van der Waals surface area contributed by atoms with Gasteiger partial charge in [-0.15, -0.1) is 0 Å². The van der Waals surface area contributed by atoms with Crippen LogP contribution < -0.4 is 0 Å². The second-order valence-electron chi connectivity index (χ2n) is 4.78. The van der Waals surface area contributed by atoms with E-state index in [1.807, 2.05) is 60.7 Å². The molecule has 0 radical (unpaired) electrons. The predicted molar refractivity (Wildman–Crippen MR) is 105 cm³/mol. The maximum atomic E-state index is 6.28. The van der Waals surface area contributed by atoms with Gasteiger partial charge in [-0.3, -0.25) is 0 Å². The molecule has 0 fully saturated rings. The zero-order chi connectivity index (χ0) is 16.7. The van der Waals surface area contributed by atoms with Crippen LogP contribution in [0.3, 0.4) is 0 Å². The third-order valence-corrected chi connectivity index (χ3v) is 5.84. The Morgan fingerprint density at radius 1 is 0.609 bits per heavy atom. The Labute approximate surface area is 161 Å². The Morgan fingerprint density at radius 2 is 0.957 bits per heavy atom. The van der Waals surface area contributed by atoms with Gasteiger partial charge in [0.05, 0.1) is 8.73 Å². The second-order valence-corrected chi connectivity index (χ2v) is 7.92. The lowest BCUT2D eigenvalue weighted by molar-refractivity contribution is 1.24. The molecule has 0 unspecified atom stereocenters. The first kappa shape index (κ1) is 18.8. The van der Waals surface area contributed by atoms with Crippen molar-refractivity contribution in [3.63, 3.8) is 0 Å². The zero-order valence-electron chi connectivity index (χ0n) is 12.1. The third kappa shape index (κ3) is 6.45. The highest BCUT2D eigenvalue weighted by Gasteiger charge is 2.10. The molecule has 0 aromatic heterocycles. The standard InChI is InChI=1S/C18H14Cl4S/c19-15(11-13-7-3-1-4-8-13)17(21)23-18(22)16(20)12-14-9-5-2-6-10-14/h1-10H,11-12H2. The lowest BCUT2D eigenvalue weighted by Crippen LogP contribution is -1.87.